The summed E-state index contributed by atoms with van der Waals surface area (Å²) in [5.74, 6) is -1.64. The normalized spacial score (nSPS) is 11.1. The summed E-state index contributed by atoms with van der Waals surface area (Å²) in [6.07, 6.45) is 1.51. The van der Waals surface area contributed by atoms with Crippen molar-refractivity contribution in [3.8, 4) is 5.69 Å². The Morgan fingerprint density at radius 1 is 0.938 bits per heavy atom. The molecule has 0 unspecified atom stereocenters. The number of amides is 2. The Morgan fingerprint density at radius 2 is 1.66 bits per heavy atom. The van der Waals surface area contributed by atoms with Crippen LogP contribution in [0.4, 0.5) is 5.69 Å². The largest absolute Gasteiger partial charge is 0.329 e. The number of rotatable bonds is 4. The molecule has 3 aromatic carbocycles. The maximum atomic E-state index is 12.3. The summed E-state index contributed by atoms with van der Waals surface area (Å²) >= 11 is 6.34. The van der Waals surface area contributed by atoms with Crippen molar-refractivity contribution < 1.29 is 9.59 Å². The summed E-state index contributed by atoms with van der Waals surface area (Å²) in [5.41, 5.74) is 6.40. The number of nitrogens with one attached hydrogen (secondary N) is 2. The highest BCUT2D eigenvalue weighted by atomic mass is 35.5. The molecule has 0 aliphatic heterocycles. The second kappa shape index (κ2) is 9.08. The molecule has 0 radical (unpaired) electrons. The monoisotopic (exact) mass is 444 g/mol. The van der Waals surface area contributed by atoms with Gasteiger partial charge in [-0.25, -0.2) is 5.43 Å². The van der Waals surface area contributed by atoms with Crippen molar-refractivity contribution in [3.05, 3.63) is 94.8 Å². The van der Waals surface area contributed by atoms with Crippen molar-refractivity contribution in [2.24, 2.45) is 5.10 Å². The summed E-state index contributed by atoms with van der Waals surface area (Å²) in [5, 5.41) is 9.07. The Hall–Kier alpha value is -3.90. The lowest BCUT2D eigenvalue weighted by Gasteiger charge is -2.11. The van der Waals surface area contributed by atoms with Gasteiger partial charge in [-0.3, -0.25) is 9.59 Å². The number of hydrogen-bond acceptors (Lipinski definition) is 3. The molecule has 0 saturated heterocycles. The average molecular weight is 445 g/mol. The quantitative estimate of drug-likeness (QED) is 0.264. The van der Waals surface area contributed by atoms with Crippen LogP contribution in [-0.2, 0) is 9.59 Å². The van der Waals surface area contributed by atoms with Crippen LogP contribution in [0.1, 0.15) is 17.0 Å². The number of aromatic nitrogens is 1. The van der Waals surface area contributed by atoms with E-state index in [9.17, 15) is 9.59 Å². The minimum absolute atomic E-state index is 0.565. The number of fused-ring (bicyclic) bond motifs is 1. The second-order valence-corrected chi connectivity index (χ2v) is 7.70. The number of carbonyl (C=O) groups is 2. The number of hydrogen-bond donors (Lipinski definition) is 2. The van der Waals surface area contributed by atoms with Gasteiger partial charge in [0, 0.05) is 28.0 Å². The third-order valence-electron chi connectivity index (χ3n) is 5.18. The third-order valence-corrected chi connectivity index (χ3v) is 5.50. The maximum Gasteiger partial charge on any atom is 0.329 e. The van der Waals surface area contributed by atoms with Gasteiger partial charge >= 0.3 is 11.8 Å². The molecule has 1 heterocycles. The van der Waals surface area contributed by atoms with Gasteiger partial charge in [-0.05, 0) is 43.5 Å². The van der Waals surface area contributed by atoms with Gasteiger partial charge in [-0.15, -0.1) is 0 Å². The van der Waals surface area contributed by atoms with Crippen molar-refractivity contribution in [2.75, 3.05) is 5.32 Å². The van der Waals surface area contributed by atoms with Crippen molar-refractivity contribution in [1.82, 2.24) is 9.99 Å². The Kier molecular flexibility index (Phi) is 6.05. The summed E-state index contributed by atoms with van der Waals surface area (Å²) < 4.78 is 2.01. The molecule has 0 fully saturated rings. The molecule has 0 atom stereocenters. The predicted molar refractivity (Wildman–Crippen MR) is 129 cm³/mol. The molecule has 7 heteroatoms. The van der Waals surface area contributed by atoms with E-state index in [2.05, 4.69) is 15.8 Å². The van der Waals surface area contributed by atoms with Crippen molar-refractivity contribution in [1.29, 1.82) is 0 Å². The highest BCUT2D eigenvalue weighted by Gasteiger charge is 2.15. The summed E-state index contributed by atoms with van der Waals surface area (Å²) in [6.45, 7) is 3.90. The predicted octanol–water partition coefficient (Wildman–Crippen LogP) is 4.99. The van der Waals surface area contributed by atoms with Crippen LogP contribution in [0.15, 0.2) is 77.9 Å². The highest BCUT2D eigenvalue weighted by molar-refractivity contribution is 6.40. The van der Waals surface area contributed by atoms with Gasteiger partial charge in [0.2, 0.25) is 0 Å². The fourth-order valence-corrected chi connectivity index (χ4v) is 3.87. The Labute approximate surface area is 190 Å². The molecular weight excluding hydrogens is 424 g/mol. The summed E-state index contributed by atoms with van der Waals surface area (Å²) in [7, 11) is 0. The number of para-hydroxylation sites is 1. The topological polar surface area (TPSA) is 75.5 Å². The molecule has 32 heavy (non-hydrogen) atoms. The van der Waals surface area contributed by atoms with Gasteiger partial charge in [0.15, 0.2) is 0 Å². The highest BCUT2D eigenvalue weighted by Crippen LogP contribution is 2.26. The van der Waals surface area contributed by atoms with E-state index >= 15 is 0 Å². The van der Waals surface area contributed by atoms with Crippen LogP contribution in [0.2, 0.25) is 5.02 Å². The second-order valence-electron chi connectivity index (χ2n) is 7.29. The van der Waals surface area contributed by atoms with Crippen LogP contribution >= 0.6 is 11.6 Å². The molecule has 2 amide bonds. The molecule has 0 spiro atoms. The molecular formula is C25H21ClN4O2. The van der Waals surface area contributed by atoms with Gasteiger partial charge in [0.25, 0.3) is 0 Å². The first kappa shape index (κ1) is 21.3. The van der Waals surface area contributed by atoms with Crippen LogP contribution in [0, 0.1) is 13.8 Å². The van der Waals surface area contributed by atoms with E-state index in [1.54, 1.807) is 6.07 Å². The van der Waals surface area contributed by atoms with Crippen LogP contribution in [0.25, 0.3) is 16.5 Å². The molecule has 2 N–H and O–H groups in total. The number of benzene rings is 3. The molecule has 1 aromatic heterocycles. The minimum atomic E-state index is -0.853. The average Bonchev–Trinajstić information content (AvgIpc) is 3.07. The zero-order valence-electron chi connectivity index (χ0n) is 17.6. The Bertz CT molecular complexity index is 1350. The van der Waals surface area contributed by atoms with E-state index in [0.717, 1.165) is 33.4 Å². The van der Waals surface area contributed by atoms with Crippen LogP contribution in [0.5, 0.6) is 0 Å². The van der Waals surface area contributed by atoms with Crippen LogP contribution < -0.4 is 10.7 Å². The van der Waals surface area contributed by atoms with E-state index in [0.29, 0.717) is 10.7 Å². The SMILES string of the molecule is Cc1cc(/C=N\NC(=O)C(=O)Nc2cccc3ccccc23)c(C)n1-c1ccccc1Cl. The van der Waals surface area contributed by atoms with E-state index in [4.69, 9.17) is 11.6 Å². The van der Waals surface area contributed by atoms with Gasteiger partial charge in [-0.1, -0.05) is 60.1 Å². The number of hydrazone groups is 1. The van der Waals surface area contributed by atoms with Crippen LogP contribution in [0.3, 0.4) is 0 Å². The fourth-order valence-electron chi connectivity index (χ4n) is 3.65. The smallest absolute Gasteiger partial charge is 0.317 e. The van der Waals surface area contributed by atoms with Crippen LogP contribution in [-0.4, -0.2) is 22.6 Å². The number of aryl methyl sites for hydroxylation is 1. The lowest BCUT2D eigenvalue weighted by Crippen LogP contribution is -2.32. The first-order valence-electron chi connectivity index (χ1n) is 10.0. The lowest BCUT2D eigenvalue weighted by atomic mass is 10.1. The Balaban J connectivity index is 1.46. The van der Waals surface area contributed by atoms with E-state index in [-0.39, 0.29) is 0 Å². The maximum absolute atomic E-state index is 12.3. The van der Waals surface area contributed by atoms with Crippen molar-refractivity contribution in [2.45, 2.75) is 13.8 Å². The molecule has 0 aliphatic carbocycles. The van der Waals surface area contributed by atoms with E-state index < -0.39 is 11.8 Å². The molecule has 6 nitrogen and oxygen atoms in total. The number of halogens is 1. The molecule has 0 aliphatic rings. The first-order chi connectivity index (χ1) is 15.5. The first-order valence-corrected chi connectivity index (χ1v) is 10.4. The minimum Gasteiger partial charge on any atom is -0.317 e. The summed E-state index contributed by atoms with van der Waals surface area (Å²) in [6, 6.07) is 22.6. The fraction of sp³-hybridized carbons (Fsp3) is 0.0800. The number of nitrogens with zero attached hydrogens (tertiary/aromatic N) is 2. The van der Waals surface area contributed by atoms with Gasteiger partial charge < -0.3 is 9.88 Å². The van der Waals surface area contributed by atoms with Gasteiger partial charge in [0.1, 0.15) is 0 Å². The van der Waals surface area contributed by atoms with Gasteiger partial charge in [-0.2, -0.15) is 5.10 Å². The third kappa shape index (κ3) is 4.26. The molecule has 4 rings (SSSR count). The molecule has 4 aromatic rings. The standard InChI is InChI=1S/C25H21ClN4O2/c1-16-14-19(17(2)30(16)23-13-6-5-11-21(23)26)15-27-29-25(32)24(31)28-22-12-7-9-18-8-3-4-10-20(18)22/h3-15H,1-2H3,(H,28,31)(H,29,32)/b27-15-. The number of anilines is 1. The van der Waals surface area contributed by atoms with E-state index in [1.807, 2.05) is 85.1 Å². The Morgan fingerprint density at radius 3 is 2.47 bits per heavy atom. The van der Waals surface area contributed by atoms with Gasteiger partial charge in [0.05, 0.1) is 16.9 Å². The van der Waals surface area contributed by atoms with Crippen molar-refractivity contribution >= 4 is 46.1 Å². The lowest BCUT2D eigenvalue weighted by molar-refractivity contribution is -0.136. The zero-order chi connectivity index (χ0) is 22.7. The zero-order valence-corrected chi connectivity index (χ0v) is 18.4. The number of carbonyl (C=O) groups excluding carboxylic acids is 2. The summed E-state index contributed by atoms with van der Waals surface area (Å²) in [4.78, 5) is 24.6. The molecule has 0 saturated carbocycles. The van der Waals surface area contributed by atoms with Crippen molar-refractivity contribution in [3.63, 3.8) is 0 Å². The molecule has 0 bridgehead atoms. The molecule has 160 valence electrons. The van der Waals surface area contributed by atoms with E-state index in [1.165, 1.54) is 6.21 Å².